The normalized spacial score (nSPS) is 26.2. The lowest BCUT2D eigenvalue weighted by Crippen LogP contribution is -2.27. The Balaban J connectivity index is 1.26. The van der Waals surface area contributed by atoms with Gasteiger partial charge >= 0.3 is 0 Å². The van der Waals surface area contributed by atoms with E-state index in [-0.39, 0.29) is 11.8 Å². The Morgan fingerprint density at radius 3 is 2.56 bits per heavy atom. The van der Waals surface area contributed by atoms with Crippen molar-refractivity contribution in [1.82, 2.24) is 0 Å². The number of unbranched alkanes of at least 4 members (excludes halogenated alkanes) is 2. The van der Waals surface area contributed by atoms with Crippen LogP contribution in [0.2, 0.25) is 0 Å². The third-order valence-corrected chi connectivity index (χ3v) is 10.2. The molecule has 2 unspecified atom stereocenters. The van der Waals surface area contributed by atoms with E-state index >= 15 is 0 Å². The number of allylic oxidation sites excluding steroid dienone is 4. The molecule has 0 bridgehead atoms. The molecule has 0 spiro atoms. The molecule has 4 atom stereocenters. The highest BCUT2D eigenvalue weighted by Gasteiger charge is 2.36. The van der Waals surface area contributed by atoms with Crippen molar-refractivity contribution < 1.29 is 14.3 Å². The Hall–Kier alpha value is -2.16. The van der Waals surface area contributed by atoms with E-state index in [1.807, 2.05) is 0 Å². The first kappa shape index (κ1) is 28.4. The summed E-state index contributed by atoms with van der Waals surface area (Å²) in [6.45, 7) is 5.26. The molecule has 1 saturated carbocycles. The molecule has 3 nitrogen and oxygen atoms in total. The predicted molar refractivity (Wildman–Crippen MR) is 159 cm³/mol. The summed E-state index contributed by atoms with van der Waals surface area (Å²) in [6.07, 6.45) is 21.5. The Morgan fingerprint density at radius 1 is 1.00 bits per heavy atom. The zero-order valence-corrected chi connectivity index (χ0v) is 24.5. The Kier molecular flexibility index (Phi) is 9.80. The maximum Gasteiger partial charge on any atom is 0.166 e. The van der Waals surface area contributed by atoms with Gasteiger partial charge in [-0.15, -0.1) is 0 Å². The zero-order chi connectivity index (χ0) is 27.2. The van der Waals surface area contributed by atoms with Gasteiger partial charge in [0.25, 0.3) is 0 Å². The minimum atomic E-state index is 0.183. The number of Topliss-reactive ketones (excluding diaryl/α,β-unsaturated/α-hetero) is 2. The summed E-state index contributed by atoms with van der Waals surface area (Å²) in [5.41, 5.74) is 5.22. The SMILES string of the molecule is CCCCC(CCCC)C(=O)CC1C[C@@H](CCC2CC3=C(C=CCC3)C2=O)C[C@@H](c2ccc3c(c2)CCO3)C1. The second-order valence-corrected chi connectivity index (χ2v) is 13.1. The van der Waals surface area contributed by atoms with Crippen LogP contribution in [0, 0.1) is 23.7 Å². The van der Waals surface area contributed by atoms with Gasteiger partial charge in [0, 0.05) is 30.3 Å². The van der Waals surface area contributed by atoms with Crippen molar-refractivity contribution in [1.29, 1.82) is 0 Å². The van der Waals surface area contributed by atoms with Gasteiger partial charge in [-0.25, -0.2) is 0 Å². The summed E-state index contributed by atoms with van der Waals surface area (Å²) in [5, 5.41) is 0. The molecule has 3 heteroatoms. The standard InChI is InChI=1S/C36H50O3/c1-3-5-9-27(10-6-4-2)34(37)22-26-19-25(13-14-31-24-29-11-7-8-12-33(29)36(31)38)20-32(21-26)28-15-16-35-30(23-28)17-18-39-35/h8,12,15-16,23,25-27,31-32H,3-7,9-11,13-14,17-22,24H2,1-2H3/t25-,26?,31?,32-/m1/s1. The van der Waals surface area contributed by atoms with Crippen molar-refractivity contribution >= 4 is 11.6 Å². The van der Waals surface area contributed by atoms with Gasteiger partial charge in [-0.3, -0.25) is 9.59 Å². The van der Waals surface area contributed by atoms with Crippen LogP contribution in [-0.4, -0.2) is 18.2 Å². The van der Waals surface area contributed by atoms with E-state index in [4.69, 9.17) is 4.74 Å². The maximum atomic E-state index is 13.6. The second kappa shape index (κ2) is 13.5. The number of hydrogen-bond acceptors (Lipinski definition) is 3. The lowest BCUT2D eigenvalue weighted by atomic mass is 9.68. The van der Waals surface area contributed by atoms with Crippen LogP contribution < -0.4 is 4.74 Å². The number of ether oxygens (including phenoxy) is 1. The summed E-state index contributed by atoms with van der Waals surface area (Å²) < 4.78 is 5.79. The van der Waals surface area contributed by atoms with Crippen molar-refractivity contribution in [2.24, 2.45) is 23.7 Å². The second-order valence-electron chi connectivity index (χ2n) is 13.1. The molecule has 1 aromatic carbocycles. The van der Waals surface area contributed by atoms with E-state index in [1.54, 1.807) is 0 Å². The molecule has 1 heterocycles. The lowest BCUT2D eigenvalue weighted by Gasteiger charge is -2.36. The van der Waals surface area contributed by atoms with E-state index in [9.17, 15) is 9.59 Å². The molecule has 0 radical (unpaired) electrons. The molecule has 39 heavy (non-hydrogen) atoms. The fourth-order valence-corrected chi connectivity index (χ4v) is 7.98. The molecule has 212 valence electrons. The first-order valence-electron chi connectivity index (χ1n) is 16.3. The summed E-state index contributed by atoms with van der Waals surface area (Å²) in [4.78, 5) is 26.7. The van der Waals surface area contributed by atoms with E-state index < -0.39 is 0 Å². The van der Waals surface area contributed by atoms with Gasteiger partial charge in [0.1, 0.15) is 11.5 Å². The van der Waals surface area contributed by atoms with Gasteiger partial charge in [0.2, 0.25) is 0 Å². The Bertz CT molecular complexity index is 1070. The van der Waals surface area contributed by atoms with E-state index in [0.717, 1.165) is 101 Å². The smallest absolute Gasteiger partial charge is 0.166 e. The number of carbonyl (C=O) groups is 2. The third-order valence-electron chi connectivity index (χ3n) is 10.2. The number of hydrogen-bond donors (Lipinski definition) is 0. The number of rotatable bonds is 13. The van der Waals surface area contributed by atoms with Crippen LogP contribution in [0.4, 0.5) is 0 Å². The molecule has 0 N–H and O–H groups in total. The number of carbonyl (C=O) groups excluding carboxylic acids is 2. The number of fused-ring (bicyclic) bond motifs is 1. The Morgan fingerprint density at radius 2 is 1.79 bits per heavy atom. The molecule has 3 aliphatic carbocycles. The highest BCUT2D eigenvalue weighted by molar-refractivity contribution is 6.03. The highest BCUT2D eigenvalue weighted by atomic mass is 16.5. The van der Waals surface area contributed by atoms with Crippen molar-refractivity contribution in [3.63, 3.8) is 0 Å². The van der Waals surface area contributed by atoms with Crippen LogP contribution in [0.1, 0.15) is 127 Å². The van der Waals surface area contributed by atoms with E-state index in [0.29, 0.717) is 29.3 Å². The van der Waals surface area contributed by atoms with Crippen LogP contribution in [0.5, 0.6) is 5.75 Å². The molecule has 0 saturated heterocycles. The van der Waals surface area contributed by atoms with Crippen molar-refractivity contribution in [3.8, 4) is 5.75 Å². The van der Waals surface area contributed by atoms with Crippen LogP contribution in [0.15, 0.2) is 41.5 Å². The van der Waals surface area contributed by atoms with Gasteiger partial charge < -0.3 is 4.74 Å². The van der Waals surface area contributed by atoms with Gasteiger partial charge in [-0.1, -0.05) is 69.4 Å². The van der Waals surface area contributed by atoms with Gasteiger partial charge in [-0.05, 0) is 99.2 Å². The van der Waals surface area contributed by atoms with Gasteiger partial charge in [-0.2, -0.15) is 0 Å². The van der Waals surface area contributed by atoms with Gasteiger partial charge in [0.05, 0.1) is 6.61 Å². The molecule has 0 aromatic heterocycles. The van der Waals surface area contributed by atoms with Crippen molar-refractivity contribution in [2.75, 3.05) is 6.61 Å². The molecule has 1 fully saturated rings. The minimum Gasteiger partial charge on any atom is -0.493 e. The molecule has 5 rings (SSSR count). The highest BCUT2D eigenvalue weighted by Crippen LogP contribution is 2.46. The summed E-state index contributed by atoms with van der Waals surface area (Å²) in [7, 11) is 0. The predicted octanol–water partition coefficient (Wildman–Crippen LogP) is 9.09. The average molecular weight is 531 g/mol. The zero-order valence-electron chi connectivity index (χ0n) is 24.5. The first-order valence-corrected chi connectivity index (χ1v) is 16.3. The first-order chi connectivity index (χ1) is 19.1. The molecule has 4 aliphatic rings. The molecular weight excluding hydrogens is 480 g/mol. The molecule has 1 aliphatic heterocycles. The lowest BCUT2D eigenvalue weighted by molar-refractivity contribution is -0.124. The van der Waals surface area contributed by atoms with Crippen molar-refractivity contribution in [2.45, 2.75) is 122 Å². The maximum absolute atomic E-state index is 13.6. The quantitative estimate of drug-likeness (QED) is 0.255. The van der Waals surface area contributed by atoms with Gasteiger partial charge in [0.15, 0.2) is 5.78 Å². The number of ketones is 2. The van der Waals surface area contributed by atoms with Crippen molar-refractivity contribution in [3.05, 3.63) is 52.6 Å². The number of benzene rings is 1. The third kappa shape index (κ3) is 6.95. The molecule has 1 aromatic rings. The van der Waals surface area contributed by atoms with Crippen LogP contribution in [0.25, 0.3) is 0 Å². The summed E-state index contributed by atoms with van der Waals surface area (Å²) >= 11 is 0. The van der Waals surface area contributed by atoms with Crippen LogP contribution in [-0.2, 0) is 16.0 Å². The monoisotopic (exact) mass is 530 g/mol. The van der Waals surface area contributed by atoms with Crippen LogP contribution in [0.3, 0.4) is 0 Å². The average Bonchev–Trinajstić information content (AvgIpc) is 3.55. The minimum absolute atomic E-state index is 0.183. The topological polar surface area (TPSA) is 43.4 Å². The fourth-order valence-electron chi connectivity index (χ4n) is 7.98. The van der Waals surface area contributed by atoms with E-state index in [2.05, 4.69) is 44.2 Å². The van der Waals surface area contributed by atoms with E-state index in [1.165, 1.54) is 36.0 Å². The Labute approximate surface area is 236 Å². The fraction of sp³-hybridized carbons (Fsp3) is 0.667. The largest absolute Gasteiger partial charge is 0.493 e. The summed E-state index contributed by atoms with van der Waals surface area (Å²) in [6, 6.07) is 6.85. The molecular formula is C36H50O3. The van der Waals surface area contributed by atoms with Crippen LogP contribution >= 0.6 is 0 Å². The molecule has 0 amide bonds. The summed E-state index contributed by atoms with van der Waals surface area (Å²) in [5.74, 6) is 3.97.